The summed E-state index contributed by atoms with van der Waals surface area (Å²) >= 11 is 6.36. The molecule has 1 atom stereocenters. The number of likely N-dealkylation sites (N-methyl/N-ethyl adjacent to an activating group) is 1. The molecule has 3 aromatic rings. The molecule has 1 N–H and O–H groups in total. The van der Waals surface area contributed by atoms with E-state index in [1.54, 1.807) is 80.6 Å². The highest BCUT2D eigenvalue weighted by atomic mass is 35.5. The van der Waals surface area contributed by atoms with Gasteiger partial charge in [-0.1, -0.05) is 48.0 Å². The van der Waals surface area contributed by atoms with Gasteiger partial charge >= 0.3 is 0 Å². The summed E-state index contributed by atoms with van der Waals surface area (Å²) in [4.78, 5) is 27.9. The summed E-state index contributed by atoms with van der Waals surface area (Å²) in [5.74, 6) is -0.339. The third kappa shape index (κ3) is 7.05. The van der Waals surface area contributed by atoms with Crippen LogP contribution in [0.25, 0.3) is 0 Å². The Bertz CT molecular complexity index is 1330. The van der Waals surface area contributed by atoms with E-state index < -0.39 is 28.5 Å². The van der Waals surface area contributed by atoms with Gasteiger partial charge in [0, 0.05) is 18.1 Å². The number of sulfonamides is 1. The van der Waals surface area contributed by atoms with Crippen LogP contribution in [-0.4, -0.2) is 50.9 Å². The summed E-state index contributed by atoms with van der Waals surface area (Å²) in [5, 5.41) is 3.17. The van der Waals surface area contributed by atoms with Crippen molar-refractivity contribution in [2.45, 2.75) is 38.3 Å². The lowest BCUT2D eigenvalue weighted by molar-refractivity contribution is -0.139. The number of anilines is 1. The minimum atomic E-state index is -4.13. The van der Waals surface area contributed by atoms with Gasteiger partial charge in [0.05, 0.1) is 17.2 Å². The van der Waals surface area contributed by atoms with E-state index in [1.165, 1.54) is 17.0 Å². The van der Waals surface area contributed by atoms with Crippen molar-refractivity contribution in [1.82, 2.24) is 10.2 Å². The minimum absolute atomic E-state index is 0.0271. The van der Waals surface area contributed by atoms with Crippen molar-refractivity contribution < 1.29 is 22.7 Å². The molecule has 0 aromatic heterocycles. The molecule has 0 bridgehead atoms. The van der Waals surface area contributed by atoms with Crippen LogP contribution in [0.2, 0.25) is 5.02 Å². The monoisotopic (exact) mass is 557 g/mol. The quantitative estimate of drug-likeness (QED) is 0.354. The number of hydrogen-bond donors (Lipinski definition) is 1. The van der Waals surface area contributed by atoms with E-state index in [9.17, 15) is 18.0 Å². The van der Waals surface area contributed by atoms with Crippen LogP contribution in [0, 0.1) is 0 Å². The van der Waals surface area contributed by atoms with Crippen molar-refractivity contribution in [2.24, 2.45) is 0 Å². The zero-order valence-electron chi connectivity index (χ0n) is 21.6. The number of nitrogens with zero attached hydrogens (tertiary/aromatic N) is 2. The molecule has 0 unspecified atom stereocenters. The first-order chi connectivity index (χ1) is 18.2. The second kappa shape index (κ2) is 13.3. The normalized spacial score (nSPS) is 11.9. The van der Waals surface area contributed by atoms with Crippen molar-refractivity contribution in [3.63, 3.8) is 0 Å². The molecule has 0 radical (unpaired) electrons. The minimum Gasteiger partial charge on any atom is -0.494 e. The number of amides is 2. The van der Waals surface area contributed by atoms with Gasteiger partial charge in [0.2, 0.25) is 11.8 Å². The largest absolute Gasteiger partial charge is 0.494 e. The molecule has 202 valence electrons. The Morgan fingerprint density at radius 3 is 2.18 bits per heavy atom. The predicted molar refractivity (Wildman–Crippen MR) is 149 cm³/mol. The first-order valence-corrected chi connectivity index (χ1v) is 14.1. The van der Waals surface area contributed by atoms with Crippen molar-refractivity contribution in [1.29, 1.82) is 0 Å². The predicted octanol–water partition coefficient (Wildman–Crippen LogP) is 4.49. The average molecular weight is 558 g/mol. The number of benzene rings is 3. The van der Waals surface area contributed by atoms with E-state index in [2.05, 4.69) is 5.32 Å². The second-order valence-corrected chi connectivity index (χ2v) is 10.7. The van der Waals surface area contributed by atoms with Gasteiger partial charge in [0.25, 0.3) is 10.0 Å². The maximum Gasteiger partial charge on any atom is 0.264 e. The maximum atomic E-state index is 13.8. The topological polar surface area (TPSA) is 96.0 Å². The van der Waals surface area contributed by atoms with Crippen LogP contribution in [-0.2, 0) is 26.2 Å². The van der Waals surface area contributed by atoms with E-state index in [1.807, 2.05) is 6.92 Å². The molecule has 0 aliphatic carbocycles. The third-order valence-corrected chi connectivity index (χ3v) is 8.02. The molecule has 10 heteroatoms. The van der Waals surface area contributed by atoms with Gasteiger partial charge in [0.15, 0.2) is 0 Å². The summed E-state index contributed by atoms with van der Waals surface area (Å²) in [6.45, 7) is 5.58. The van der Waals surface area contributed by atoms with E-state index in [-0.39, 0.29) is 23.0 Å². The fourth-order valence-electron chi connectivity index (χ4n) is 3.84. The SMILES string of the molecule is CCNC(=O)[C@@H](C)N(Cc1ccccc1Cl)C(=O)CN(c1ccc(OCC)cc1)S(=O)(=O)c1ccccc1. The molecule has 3 rings (SSSR count). The van der Waals surface area contributed by atoms with Crippen molar-refractivity contribution in [2.75, 3.05) is 24.0 Å². The molecular formula is C28H32ClN3O5S. The molecule has 0 fully saturated rings. The van der Waals surface area contributed by atoms with Crippen LogP contribution in [0.5, 0.6) is 5.75 Å². The van der Waals surface area contributed by atoms with Crippen molar-refractivity contribution in [3.05, 3.63) is 89.4 Å². The highest BCUT2D eigenvalue weighted by molar-refractivity contribution is 7.92. The molecule has 0 aliphatic heterocycles. The molecule has 8 nitrogen and oxygen atoms in total. The molecule has 0 heterocycles. The first-order valence-electron chi connectivity index (χ1n) is 12.3. The molecule has 0 aliphatic rings. The van der Waals surface area contributed by atoms with Gasteiger partial charge in [-0.3, -0.25) is 13.9 Å². The molecule has 0 spiro atoms. The summed E-state index contributed by atoms with van der Waals surface area (Å²) in [6, 6.07) is 20.5. The Balaban J connectivity index is 2.02. The molecule has 0 saturated heterocycles. The summed E-state index contributed by atoms with van der Waals surface area (Å²) in [5.41, 5.74) is 0.922. The molecule has 0 saturated carbocycles. The Morgan fingerprint density at radius 1 is 0.947 bits per heavy atom. The van der Waals surface area contributed by atoms with Gasteiger partial charge in [-0.15, -0.1) is 0 Å². The number of carbonyl (C=O) groups is 2. The molecule has 38 heavy (non-hydrogen) atoms. The van der Waals surface area contributed by atoms with Crippen molar-refractivity contribution in [3.8, 4) is 5.75 Å². The van der Waals surface area contributed by atoms with Crippen molar-refractivity contribution >= 4 is 39.1 Å². The van der Waals surface area contributed by atoms with Crippen LogP contribution in [0.1, 0.15) is 26.3 Å². The van der Waals surface area contributed by atoms with Gasteiger partial charge in [-0.2, -0.15) is 0 Å². The lowest BCUT2D eigenvalue weighted by Crippen LogP contribution is -2.51. The van der Waals surface area contributed by atoms with E-state index >= 15 is 0 Å². The first kappa shape index (κ1) is 29.0. The smallest absolute Gasteiger partial charge is 0.264 e. The Kier molecular flexibility index (Phi) is 10.2. The Morgan fingerprint density at radius 2 is 1.58 bits per heavy atom. The fraction of sp³-hybridized carbons (Fsp3) is 0.286. The lowest BCUT2D eigenvalue weighted by Gasteiger charge is -2.32. The van der Waals surface area contributed by atoms with Gasteiger partial charge in [0.1, 0.15) is 18.3 Å². The van der Waals surface area contributed by atoms with Gasteiger partial charge in [-0.25, -0.2) is 8.42 Å². The number of carbonyl (C=O) groups excluding carboxylic acids is 2. The number of hydrogen-bond acceptors (Lipinski definition) is 5. The Hall–Kier alpha value is -3.56. The lowest BCUT2D eigenvalue weighted by atomic mass is 10.1. The van der Waals surface area contributed by atoms with E-state index in [0.717, 1.165) is 4.31 Å². The summed E-state index contributed by atoms with van der Waals surface area (Å²) < 4.78 is 34.0. The van der Waals surface area contributed by atoms with E-state index in [4.69, 9.17) is 16.3 Å². The fourth-order valence-corrected chi connectivity index (χ4v) is 5.47. The number of ether oxygens (including phenoxy) is 1. The maximum absolute atomic E-state index is 13.8. The van der Waals surface area contributed by atoms with Crippen LogP contribution in [0.15, 0.2) is 83.8 Å². The zero-order chi connectivity index (χ0) is 27.7. The van der Waals surface area contributed by atoms with Crippen LogP contribution < -0.4 is 14.4 Å². The van der Waals surface area contributed by atoms with Crippen LogP contribution in [0.4, 0.5) is 5.69 Å². The summed E-state index contributed by atoms with van der Waals surface area (Å²) in [7, 11) is -4.13. The number of nitrogens with one attached hydrogen (secondary N) is 1. The molecular weight excluding hydrogens is 526 g/mol. The van der Waals surface area contributed by atoms with Crippen LogP contribution in [0.3, 0.4) is 0 Å². The second-order valence-electron chi connectivity index (χ2n) is 8.44. The zero-order valence-corrected chi connectivity index (χ0v) is 23.2. The third-order valence-electron chi connectivity index (χ3n) is 5.86. The van der Waals surface area contributed by atoms with E-state index in [0.29, 0.717) is 29.5 Å². The highest BCUT2D eigenvalue weighted by Crippen LogP contribution is 2.27. The Labute approximate surface area is 229 Å². The highest BCUT2D eigenvalue weighted by Gasteiger charge is 2.32. The van der Waals surface area contributed by atoms with Gasteiger partial charge < -0.3 is 15.0 Å². The average Bonchev–Trinajstić information content (AvgIpc) is 2.92. The standard InChI is InChI=1S/C28H32ClN3O5S/c1-4-30-28(34)21(3)31(19-22-11-9-10-14-26(22)29)27(33)20-32(23-15-17-24(18-16-23)37-5-2)38(35,36)25-12-7-6-8-13-25/h6-18,21H,4-5,19-20H2,1-3H3,(H,30,34)/t21-/m1/s1. The molecule has 3 aromatic carbocycles. The molecule has 2 amide bonds. The number of halogens is 1. The summed E-state index contributed by atoms with van der Waals surface area (Å²) in [6.07, 6.45) is 0. The van der Waals surface area contributed by atoms with Crippen LogP contribution >= 0.6 is 11.6 Å². The van der Waals surface area contributed by atoms with Gasteiger partial charge in [-0.05, 0) is 68.8 Å². The number of rotatable bonds is 12.